The van der Waals surface area contributed by atoms with E-state index in [0.717, 1.165) is 63.5 Å². The van der Waals surface area contributed by atoms with Crippen molar-refractivity contribution in [3.8, 4) is 50.8 Å². The summed E-state index contributed by atoms with van der Waals surface area (Å²) < 4.78 is 6.67. The number of rotatable bonds is 8. The third kappa shape index (κ3) is 6.87. The largest absolute Gasteiger partial charge is 0.461 e. The minimum atomic E-state index is -0.179. The second-order valence-electron chi connectivity index (χ2n) is 19.0. The molecule has 2 atom stereocenters. The molecule has 8 aromatic carbocycles. The van der Waals surface area contributed by atoms with Crippen LogP contribution in [0.3, 0.4) is 0 Å². The Morgan fingerprint density at radius 2 is 1.26 bits per heavy atom. The van der Waals surface area contributed by atoms with Crippen LogP contribution < -0.4 is 9.64 Å². The average molecular weight is 889 g/mol. The zero-order chi connectivity index (χ0) is 46.1. The van der Waals surface area contributed by atoms with E-state index in [9.17, 15) is 0 Å². The summed E-state index contributed by atoms with van der Waals surface area (Å²) in [5, 5.41) is 2.35. The number of hydrogen-bond donors (Lipinski definition) is 0. The topological polar surface area (TPSA) is 51.1 Å². The lowest BCUT2D eigenvalue weighted by Gasteiger charge is -2.30. The Morgan fingerprint density at radius 3 is 2.01 bits per heavy atom. The van der Waals surface area contributed by atoms with Gasteiger partial charge >= 0.3 is 0 Å². The highest BCUT2D eigenvalue weighted by Crippen LogP contribution is 2.56. The summed E-state index contributed by atoms with van der Waals surface area (Å²) in [6, 6.07) is 65.5. The van der Waals surface area contributed by atoms with Gasteiger partial charge in [-0.3, -0.25) is 0 Å². The molecule has 0 spiro atoms. The molecule has 3 aliphatic carbocycles. The molecular formula is C64H48N4O. The van der Waals surface area contributed by atoms with Crippen LogP contribution in [0.1, 0.15) is 66.6 Å². The van der Waals surface area contributed by atoms with E-state index < -0.39 is 0 Å². The highest BCUT2D eigenvalue weighted by atomic mass is 16.5. The minimum Gasteiger partial charge on any atom is -0.461 e. The fourth-order valence-corrected chi connectivity index (χ4v) is 11.2. The molecule has 1 aliphatic heterocycles. The van der Waals surface area contributed by atoms with Crippen molar-refractivity contribution in [3.63, 3.8) is 0 Å². The smallest absolute Gasteiger partial charge is 0.163 e. The van der Waals surface area contributed by atoms with Gasteiger partial charge in [-0.05, 0) is 99.7 Å². The van der Waals surface area contributed by atoms with Crippen molar-refractivity contribution in [3.05, 3.63) is 252 Å². The van der Waals surface area contributed by atoms with E-state index in [4.69, 9.17) is 19.7 Å². The number of hydrogen-bond acceptors (Lipinski definition) is 5. The van der Waals surface area contributed by atoms with Gasteiger partial charge in [0.15, 0.2) is 11.6 Å². The van der Waals surface area contributed by atoms with Crippen LogP contribution in [0.25, 0.3) is 61.4 Å². The summed E-state index contributed by atoms with van der Waals surface area (Å²) in [7, 11) is 0. The summed E-state index contributed by atoms with van der Waals surface area (Å²) in [6.45, 7) is 4.72. The summed E-state index contributed by atoms with van der Waals surface area (Å²) >= 11 is 0. The first kappa shape index (κ1) is 40.8. The average Bonchev–Trinajstić information content (AvgIpc) is 3.91. The van der Waals surface area contributed by atoms with Gasteiger partial charge in [0.1, 0.15) is 17.3 Å². The number of benzene rings is 8. The molecule has 2 heterocycles. The Balaban J connectivity index is 0.941. The SMILES string of the molecule is CC1(C)c2ccccc2-c2c(N(c3ccc(C4=CCCC=C4)cc3)c3ccc(-c4ccc5c(c4)C4C(=CC=CC4c4nc(-c6ccccc6)nc(-c6ccccc6)n4)O5)c4ccccc34)cccc21. The van der Waals surface area contributed by atoms with Crippen LogP contribution in [0.4, 0.5) is 17.1 Å². The normalized spacial score (nSPS) is 17.0. The van der Waals surface area contributed by atoms with Gasteiger partial charge in [-0.2, -0.15) is 0 Å². The molecule has 0 saturated heterocycles. The molecule has 5 nitrogen and oxygen atoms in total. The van der Waals surface area contributed by atoms with Crippen LogP contribution in [0.15, 0.2) is 224 Å². The summed E-state index contributed by atoms with van der Waals surface area (Å²) in [4.78, 5) is 17.9. The van der Waals surface area contributed by atoms with Crippen molar-refractivity contribution in [2.75, 3.05) is 4.90 Å². The Bertz CT molecular complexity index is 3560. The van der Waals surface area contributed by atoms with Crippen molar-refractivity contribution in [1.82, 2.24) is 15.0 Å². The van der Waals surface area contributed by atoms with E-state index in [2.05, 4.69) is 201 Å². The minimum absolute atomic E-state index is 0.115. The first-order valence-corrected chi connectivity index (χ1v) is 24.1. The molecule has 0 amide bonds. The predicted octanol–water partition coefficient (Wildman–Crippen LogP) is 16.2. The van der Waals surface area contributed by atoms with Crippen molar-refractivity contribution < 1.29 is 4.74 Å². The summed E-state index contributed by atoms with van der Waals surface area (Å²) in [6.07, 6.45) is 15.4. The second kappa shape index (κ2) is 16.4. The molecule has 5 heteroatoms. The highest BCUT2D eigenvalue weighted by molar-refractivity contribution is 6.08. The van der Waals surface area contributed by atoms with E-state index in [0.29, 0.717) is 17.5 Å². The maximum absolute atomic E-state index is 6.67. The molecule has 330 valence electrons. The zero-order valence-electron chi connectivity index (χ0n) is 38.6. The molecule has 4 aliphatic rings. The fraction of sp³-hybridized carbons (Fsp3) is 0.109. The lowest BCUT2D eigenvalue weighted by atomic mass is 9.81. The molecule has 0 saturated carbocycles. The van der Waals surface area contributed by atoms with Gasteiger partial charge in [0.25, 0.3) is 0 Å². The van der Waals surface area contributed by atoms with Gasteiger partial charge in [-0.1, -0.05) is 190 Å². The number of allylic oxidation sites excluding steroid dienone is 8. The quantitative estimate of drug-likeness (QED) is 0.152. The van der Waals surface area contributed by atoms with Gasteiger partial charge in [0, 0.05) is 38.7 Å². The van der Waals surface area contributed by atoms with Crippen LogP contribution in [0, 0.1) is 0 Å². The third-order valence-corrected chi connectivity index (χ3v) is 14.6. The van der Waals surface area contributed by atoms with E-state index >= 15 is 0 Å². The van der Waals surface area contributed by atoms with Crippen molar-refractivity contribution >= 4 is 33.4 Å². The van der Waals surface area contributed by atoms with Gasteiger partial charge in [-0.15, -0.1) is 0 Å². The van der Waals surface area contributed by atoms with Crippen LogP contribution >= 0.6 is 0 Å². The van der Waals surface area contributed by atoms with Crippen LogP contribution in [-0.2, 0) is 5.41 Å². The van der Waals surface area contributed by atoms with E-state index in [1.807, 2.05) is 36.4 Å². The molecule has 9 aromatic rings. The van der Waals surface area contributed by atoms with Crippen molar-refractivity contribution in [2.45, 2.75) is 43.9 Å². The van der Waals surface area contributed by atoms with Crippen molar-refractivity contribution in [1.29, 1.82) is 0 Å². The van der Waals surface area contributed by atoms with Crippen LogP contribution in [-0.4, -0.2) is 15.0 Å². The number of anilines is 3. The van der Waals surface area contributed by atoms with E-state index in [-0.39, 0.29) is 17.3 Å². The van der Waals surface area contributed by atoms with Gasteiger partial charge in [-0.25, -0.2) is 15.0 Å². The monoisotopic (exact) mass is 888 g/mol. The summed E-state index contributed by atoms with van der Waals surface area (Å²) in [5.41, 5.74) is 16.4. The molecule has 0 N–H and O–H groups in total. The molecule has 69 heavy (non-hydrogen) atoms. The van der Waals surface area contributed by atoms with Crippen LogP contribution in [0.5, 0.6) is 5.75 Å². The zero-order valence-corrected chi connectivity index (χ0v) is 38.6. The fourth-order valence-electron chi connectivity index (χ4n) is 11.2. The molecule has 0 radical (unpaired) electrons. The molecule has 0 bridgehead atoms. The molecule has 2 unspecified atom stereocenters. The molecule has 13 rings (SSSR count). The Labute approximate surface area is 403 Å². The lowest BCUT2D eigenvalue weighted by molar-refractivity contribution is 0.414. The maximum atomic E-state index is 6.67. The predicted molar refractivity (Wildman–Crippen MR) is 282 cm³/mol. The van der Waals surface area contributed by atoms with E-state index in [1.165, 1.54) is 49.9 Å². The molecular weight excluding hydrogens is 841 g/mol. The Hall–Kier alpha value is -8.41. The number of ether oxygens (including phenoxy) is 1. The second-order valence-corrected chi connectivity index (χ2v) is 19.0. The number of aromatic nitrogens is 3. The number of fused-ring (bicyclic) bond motifs is 7. The number of nitrogens with zero attached hydrogens (tertiary/aromatic N) is 4. The van der Waals surface area contributed by atoms with Gasteiger partial charge in [0.2, 0.25) is 0 Å². The first-order chi connectivity index (χ1) is 34.0. The summed E-state index contributed by atoms with van der Waals surface area (Å²) in [5.74, 6) is 3.49. The Kier molecular flexibility index (Phi) is 9.72. The molecule has 1 aromatic heterocycles. The van der Waals surface area contributed by atoms with Gasteiger partial charge < -0.3 is 9.64 Å². The maximum Gasteiger partial charge on any atom is 0.163 e. The lowest BCUT2D eigenvalue weighted by Crippen LogP contribution is -2.16. The highest BCUT2D eigenvalue weighted by Gasteiger charge is 2.40. The Morgan fingerprint density at radius 1 is 0.565 bits per heavy atom. The standard InChI is InChI=1S/C64H48N4O/c1-64(2)53-28-15-14-26-50(53)60-54(64)29-17-30-56(60)68(46-35-32-42(33-36-46)41-18-6-3-7-19-41)55-38-37-47(48-24-12-13-25-49(48)55)45-34-39-57-52(40-45)59-51(27-16-31-58(59)69-57)63-66-61(43-20-8-4-9-21-43)65-62(67-63)44-22-10-5-11-23-44/h4-6,8-40,51,59H,3,7H2,1-2H3. The van der Waals surface area contributed by atoms with Crippen molar-refractivity contribution in [2.24, 2.45) is 0 Å². The van der Waals surface area contributed by atoms with Gasteiger partial charge in [0.05, 0.1) is 23.2 Å². The van der Waals surface area contributed by atoms with Crippen LogP contribution in [0.2, 0.25) is 0 Å². The molecule has 0 fully saturated rings. The van der Waals surface area contributed by atoms with E-state index in [1.54, 1.807) is 0 Å². The first-order valence-electron chi connectivity index (χ1n) is 24.1. The third-order valence-electron chi connectivity index (χ3n) is 14.6.